The van der Waals surface area contributed by atoms with E-state index in [-0.39, 0.29) is 19.1 Å². The van der Waals surface area contributed by atoms with Crippen molar-refractivity contribution in [3.8, 4) is 11.4 Å². The van der Waals surface area contributed by atoms with Crippen molar-refractivity contribution in [1.29, 1.82) is 0 Å². The minimum atomic E-state index is -0.238. The first-order valence-electron chi connectivity index (χ1n) is 8.03. The summed E-state index contributed by atoms with van der Waals surface area (Å²) in [5.41, 5.74) is 2.81. The third-order valence-corrected chi connectivity index (χ3v) is 4.33. The van der Waals surface area contributed by atoms with Crippen LogP contribution in [0.1, 0.15) is 17.0 Å². The fourth-order valence-electron chi connectivity index (χ4n) is 2.49. The van der Waals surface area contributed by atoms with E-state index in [1.807, 2.05) is 56.3 Å². The third kappa shape index (κ3) is 4.26. The SMILES string of the molecule is Cc1cccc(C)c1OCC(=O)NCc1nnnn1-c1ccc(Br)cc1. The van der Waals surface area contributed by atoms with Crippen molar-refractivity contribution in [2.75, 3.05) is 6.61 Å². The molecule has 1 N–H and O–H groups in total. The molecule has 0 atom stereocenters. The lowest BCUT2D eigenvalue weighted by Crippen LogP contribution is -2.29. The number of nitrogens with zero attached hydrogens (tertiary/aromatic N) is 4. The Morgan fingerprint density at radius 2 is 1.85 bits per heavy atom. The highest BCUT2D eigenvalue weighted by Gasteiger charge is 2.11. The Morgan fingerprint density at radius 3 is 2.54 bits per heavy atom. The zero-order chi connectivity index (χ0) is 18.5. The lowest BCUT2D eigenvalue weighted by atomic mass is 10.1. The minimum Gasteiger partial charge on any atom is -0.483 e. The number of aryl methyl sites for hydroxylation is 2. The van der Waals surface area contributed by atoms with Gasteiger partial charge in [-0.05, 0) is 59.7 Å². The molecule has 1 aromatic heterocycles. The van der Waals surface area contributed by atoms with Crippen molar-refractivity contribution in [3.05, 3.63) is 63.9 Å². The molecule has 0 unspecified atom stereocenters. The maximum Gasteiger partial charge on any atom is 0.258 e. The second-order valence-electron chi connectivity index (χ2n) is 5.77. The van der Waals surface area contributed by atoms with Crippen LogP contribution in [-0.4, -0.2) is 32.7 Å². The molecule has 0 fully saturated rings. The maximum absolute atomic E-state index is 12.1. The maximum atomic E-state index is 12.1. The largest absolute Gasteiger partial charge is 0.483 e. The van der Waals surface area contributed by atoms with Crippen LogP contribution in [0, 0.1) is 13.8 Å². The molecule has 134 valence electrons. The van der Waals surface area contributed by atoms with Gasteiger partial charge in [-0.2, -0.15) is 4.68 Å². The number of halogens is 1. The number of hydrogen-bond donors (Lipinski definition) is 1. The summed E-state index contributed by atoms with van der Waals surface area (Å²) in [7, 11) is 0. The van der Waals surface area contributed by atoms with Crippen molar-refractivity contribution >= 4 is 21.8 Å². The molecule has 0 saturated carbocycles. The predicted octanol–water partition coefficient (Wildman–Crippen LogP) is 2.74. The topological polar surface area (TPSA) is 81.9 Å². The zero-order valence-electron chi connectivity index (χ0n) is 14.4. The molecule has 0 aliphatic rings. The van der Waals surface area contributed by atoms with Gasteiger partial charge < -0.3 is 10.1 Å². The summed E-state index contributed by atoms with van der Waals surface area (Å²) < 4.78 is 8.20. The predicted molar refractivity (Wildman–Crippen MR) is 100 cm³/mol. The van der Waals surface area contributed by atoms with Crippen LogP contribution < -0.4 is 10.1 Å². The lowest BCUT2D eigenvalue weighted by molar-refractivity contribution is -0.123. The highest BCUT2D eigenvalue weighted by molar-refractivity contribution is 9.10. The number of carbonyl (C=O) groups excluding carboxylic acids is 1. The number of ether oxygens (including phenoxy) is 1. The van der Waals surface area contributed by atoms with Crippen LogP contribution in [0.3, 0.4) is 0 Å². The van der Waals surface area contributed by atoms with Crippen molar-refractivity contribution in [1.82, 2.24) is 25.5 Å². The van der Waals surface area contributed by atoms with Gasteiger partial charge in [-0.25, -0.2) is 0 Å². The van der Waals surface area contributed by atoms with Gasteiger partial charge in [0.15, 0.2) is 12.4 Å². The van der Waals surface area contributed by atoms with Crippen LogP contribution in [0.4, 0.5) is 0 Å². The summed E-state index contributed by atoms with van der Waals surface area (Å²) >= 11 is 3.39. The molecule has 0 saturated heterocycles. The molecule has 1 amide bonds. The molecule has 3 aromatic rings. The van der Waals surface area contributed by atoms with Crippen LogP contribution in [-0.2, 0) is 11.3 Å². The Labute approximate surface area is 159 Å². The molecule has 7 nitrogen and oxygen atoms in total. The number of para-hydroxylation sites is 1. The zero-order valence-corrected chi connectivity index (χ0v) is 16.0. The number of aromatic nitrogens is 4. The van der Waals surface area contributed by atoms with Gasteiger partial charge in [0.05, 0.1) is 12.2 Å². The summed E-state index contributed by atoms with van der Waals surface area (Å²) in [6.07, 6.45) is 0. The van der Waals surface area contributed by atoms with Gasteiger partial charge in [-0.3, -0.25) is 4.79 Å². The van der Waals surface area contributed by atoms with Crippen molar-refractivity contribution in [2.45, 2.75) is 20.4 Å². The van der Waals surface area contributed by atoms with E-state index in [1.54, 1.807) is 4.68 Å². The summed E-state index contributed by atoms with van der Waals surface area (Å²) in [4.78, 5) is 12.1. The molecule has 0 aliphatic heterocycles. The molecule has 0 radical (unpaired) electrons. The lowest BCUT2D eigenvalue weighted by Gasteiger charge is -2.12. The van der Waals surface area contributed by atoms with Gasteiger partial charge in [-0.1, -0.05) is 34.1 Å². The van der Waals surface area contributed by atoms with Crippen LogP contribution in [0.2, 0.25) is 0 Å². The fraction of sp³-hybridized carbons (Fsp3) is 0.222. The summed E-state index contributed by atoms with van der Waals surface area (Å²) in [6, 6.07) is 13.4. The van der Waals surface area contributed by atoms with E-state index in [9.17, 15) is 4.79 Å². The van der Waals surface area contributed by atoms with E-state index in [2.05, 4.69) is 36.8 Å². The molecule has 3 rings (SSSR count). The Bertz CT molecular complexity index is 888. The van der Waals surface area contributed by atoms with Gasteiger partial charge in [0.25, 0.3) is 5.91 Å². The van der Waals surface area contributed by atoms with Gasteiger partial charge in [-0.15, -0.1) is 5.10 Å². The van der Waals surface area contributed by atoms with Crippen molar-refractivity contribution in [2.24, 2.45) is 0 Å². The summed E-state index contributed by atoms with van der Waals surface area (Å²) in [5, 5.41) is 14.4. The first kappa shape index (κ1) is 18.1. The number of benzene rings is 2. The summed E-state index contributed by atoms with van der Waals surface area (Å²) in [6.45, 7) is 4.04. The highest BCUT2D eigenvalue weighted by atomic mass is 79.9. The molecule has 26 heavy (non-hydrogen) atoms. The van der Waals surface area contributed by atoms with E-state index in [0.717, 1.165) is 27.0 Å². The first-order valence-corrected chi connectivity index (χ1v) is 8.83. The first-order chi connectivity index (χ1) is 12.5. The smallest absolute Gasteiger partial charge is 0.258 e. The Hall–Kier alpha value is -2.74. The van der Waals surface area contributed by atoms with Gasteiger partial charge in [0.1, 0.15) is 5.75 Å². The van der Waals surface area contributed by atoms with Crippen LogP contribution in [0.5, 0.6) is 5.75 Å². The standard InChI is InChI=1S/C18H18BrN5O2/c1-12-4-3-5-13(2)18(12)26-11-17(25)20-10-16-21-22-23-24(16)15-8-6-14(19)7-9-15/h3-9H,10-11H2,1-2H3,(H,20,25). The number of rotatable bonds is 6. The van der Waals surface area contributed by atoms with Crippen molar-refractivity contribution < 1.29 is 9.53 Å². The average Bonchev–Trinajstić information content (AvgIpc) is 3.09. The fourth-order valence-corrected chi connectivity index (χ4v) is 2.76. The van der Waals surface area contributed by atoms with Crippen LogP contribution in [0.25, 0.3) is 5.69 Å². The molecule has 0 spiro atoms. The van der Waals surface area contributed by atoms with Gasteiger partial charge in [0, 0.05) is 4.47 Å². The van der Waals surface area contributed by atoms with E-state index >= 15 is 0 Å². The Kier molecular flexibility index (Phi) is 5.62. The van der Waals surface area contributed by atoms with E-state index in [1.165, 1.54) is 0 Å². The molecule has 8 heteroatoms. The van der Waals surface area contributed by atoms with E-state index in [0.29, 0.717) is 5.82 Å². The quantitative estimate of drug-likeness (QED) is 0.669. The second kappa shape index (κ2) is 8.09. The van der Waals surface area contributed by atoms with Crippen LogP contribution in [0.15, 0.2) is 46.9 Å². The number of carbonyl (C=O) groups is 1. The second-order valence-corrected chi connectivity index (χ2v) is 6.69. The Balaban J connectivity index is 1.59. The number of nitrogens with one attached hydrogen (secondary N) is 1. The normalized spacial score (nSPS) is 10.6. The third-order valence-electron chi connectivity index (χ3n) is 3.81. The highest BCUT2D eigenvalue weighted by Crippen LogP contribution is 2.22. The molecular formula is C18H18BrN5O2. The number of amides is 1. The van der Waals surface area contributed by atoms with Crippen molar-refractivity contribution in [3.63, 3.8) is 0 Å². The van der Waals surface area contributed by atoms with Crippen LogP contribution >= 0.6 is 15.9 Å². The Morgan fingerprint density at radius 1 is 1.15 bits per heavy atom. The molecule has 0 aliphatic carbocycles. The minimum absolute atomic E-state index is 0.0639. The average molecular weight is 416 g/mol. The van der Waals surface area contributed by atoms with Gasteiger partial charge in [0.2, 0.25) is 0 Å². The number of tetrazole rings is 1. The van der Waals surface area contributed by atoms with E-state index in [4.69, 9.17) is 4.74 Å². The van der Waals surface area contributed by atoms with E-state index < -0.39 is 0 Å². The number of hydrogen-bond acceptors (Lipinski definition) is 5. The monoisotopic (exact) mass is 415 g/mol. The summed E-state index contributed by atoms with van der Waals surface area (Å²) in [5.74, 6) is 1.04. The molecule has 1 heterocycles. The molecule has 2 aromatic carbocycles. The molecule has 0 bridgehead atoms. The molecular weight excluding hydrogens is 398 g/mol. The van der Waals surface area contributed by atoms with Gasteiger partial charge >= 0.3 is 0 Å².